The molecule has 108 valence electrons. The first-order valence-corrected chi connectivity index (χ1v) is 8.27. The highest BCUT2D eigenvalue weighted by Crippen LogP contribution is 2.42. The van der Waals surface area contributed by atoms with E-state index in [0.717, 1.165) is 24.7 Å². The number of fused-ring (bicyclic) bond motifs is 1. The first-order valence-electron chi connectivity index (χ1n) is 8.27. The minimum Gasteiger partial charge on any atom is -0.354 e. The summed E-state index contributed by atoms with van der Waals surface area (Å²) in [5.74, 6) is 2.97. The van der Waals surface area contributed by atoms with Crippen LogP contribution in [0.2, 0.25) is 0 Å². The van der Waals surface area contributed by atoms with Crippen molar-refractivity contribution in [2.75, 3.05) is 6.54 Å². The third-order valence-corrected chi connectivity index (χ3v) is 5.65. The number of nitrogens with one attached hydrogen (secondary N) is 1. The van der Waals surface area contributed by atoms with Gasteiger partial charge in [-0.05, 0) is 49.9 Å². The molecule has 3 aliphatic carbocycles. The van der Waals surface area contributed by atoms with Crippen molar-refractivity contribution in [3.05, 3.63) is 0 Å². The molecule has 0 spiro atoms. The molecular weight excluding hydrogens is 236 g/mol. The van der Waals surface area contributed by atoms with Gasteiger partial charge in [0.2, 0.25) is 5.91 Å². The minimum absolute atomic E-state index is 0.190. The summed E-state index contributed by atoms with van der Waals surface area (Å²) in [4.78, 5) is 12.3. The number of rotatable bonds is 4. The molecule has 0 aromatic rings. The van der Waals surface area contributed by atoms with Crippen LogP contribution in [0, 0.1) is 23.7 Å². The first-order chi connectivity index (χ1) is 9.24. The highest BCUT2D eigenvalue weighted by Gasteiger charge is 2.35. The summed E-state index contributed by atoms with van der Waals surface area (Å²) in [5, 5.41) is 3.11. The van der Waals surface area contributed by atoms with E-state index in [-0.39, 0.29) is 17.9 Å². The number of carbonyl (C=O) groups excluding carboxylic acids is 1. The fourth-order valence-corrected chi connectivity index (χ4v) is 4.17. The molecule has 4 atom stereocenters. The monoisotopic (exact) mass is 264 g/mol. The van der Waals surface area contributed by atoms with Gasteiger partial charge in [0.1, 0.15) is 0 Å². The average Bonchev–Trinajstić information content (AvgIpc) is 3.28. The quantitative estimate of drug-likeness (QED) is 0.819. The van der Waals surface area contributed by atoms with Crippen LogP contribution in [0.4, 0.5) is 0 Å². The summed E-state index contributed by atoms with van der Waals surface area (Å²) in [6.07, 6.45) is 11.6. The van der Waals surface area contributed by atoms with E-state index in [4.69, 9.17) is 5.73 Å². The van der Waals surface area contributed by atoms with Crippen molar-refractivity contribution in [1.82, 2.24) is 5.32 Å². The van der Waals surface area contributed by atoms with E-state index in [9.17, 15) is 4.79 Å². The Kier molecular flexibility index (Phi) is 4.11. The van der Waals surface area contributed by atoms with Gasteiger partial charge in [-0.15, -0.1) is 0 Å². The van der Waals surface area contributed by atoms with Crippen LogP contribution in [0.5, 0.6) is 0 Å². The van der Waals surface area contributed by atoms with Gasteiger partial charge in [-0.2, -0.15) is 0 Å². The van der Waals surface area contributed by atoms with E-state index in [1.165, 1.54) is 44.9 Å². The van der Waals surface area contributed by atoms with Crippen molar-refractivity contribution in [3.63, 3.8) is 0 Å². The van der Waals surface area contributed by atoms with Gasteiger partial charge in [0, 0.05) is 18.5 Å². The molecular formula is C16H28N2O. The molecule has 0 aromatic carbocycles. The maximum atomic E-state index is 12.3. The Morgan fingerprint density at radius 3 is 2.53 bits per heavy atom. The molecule has 0 bridgehead atoms. The molecule has 3 fully saturated rings. The molecule has 0 aromatic heterocycles. The van der Waals surface area contributed by atoms with Gasteiger partial charge >= 0.3 is 0 Å². The zero-order chi connectivity index (χ0) is 13.2. The summed E-state index contributed by atoms with van der Waals surface area (Å²) in [6.45, 7) is 0.689. The smallest absolute Gasteiger partial charge is 0.223 e. The van der Waals surface area contributed by atoms with Gasteiger partial charge in [0.25, 0.3) is 0 Å². The number of nitrogens with two attached hydrogens (primary N) is 1. The second-order valence-electron chi connectivity index (χ2n) is 7.06. The van der Waals surface area contributed by atoms with E-state index in [2.05, 4.69) is 5.32 Å². The van der Waals surface area contributed by atoms with Crippen molar-refractivity contribution < 1.29 is 4.79 Å². The largest absolute Gasteiger partial charge is 0.354 e. The van der Waals surface area contributed by atoms with Gasteiger partial charge in [-0.1, -0.05) is 25.7 Å². The van der Waals surface area contributed by atoms with Crippen LogP contribution < -0.4 is 11.1 Å². The Morgan fingerprint density at radius 1 is 1.05 bits per heavy atom. The number of amides is 1. The number of hydrogen-bond donors (Lipinski definition) is 2. The maximum absolute atomic E-state index is 12.3. The van der Waals surface area contributed by atoms with Gasteiger partial charge in [0.15, 0.2) is 0 Å². The van der Waals surface area contributed by atoms with Crippen LogP contribution in [0.1, 0.15) is 57.8 Å². The lowest BCUT2D eigenvalue weighted by Crippen LogP contribution is -2.43. The van der Waals surface area contributed by atoms with Gasteiger partial charge in [0.05, 0.1) is 0 Å². The third-order valence-electron chi connectivity index (χ3n) is 5.65. The van der Waals surface area contributed by atoms with Crippen molar-refractivity contribution >= 4 is 5.91 Å². The molecule has 19 heavy (non-hydrogen) atoms. The molecule has 0 radical (unpaired) electrons. The Morgan fingerprint density at radius 2 is 1.79 bits per heavy atom. The molecule has 4 unspecified atom stereocenters. The Balaban J connectivity index is 1.44. The second kappa shape index (κ2) is 5.82. The fraction of sp³-hybridized carbons (Fsp3) is 0.938. The number of carbonyl (C=O) groups is 1. The first kappa shape index (κ1) is 13.4. The van der Waals surface area contributed by atoms with Crippen LogP contribution in [0.15, 0.2) is 0 Å². The molecule has 3 heteroatoms. The predicted molar refractivity (Wildman–Crippen MR) is 76.5 cm³/mol. The average molecular weight is 264 g/mol. The standard InChI is InChI=1S/C16H28N2O/c17-15(12-6-7-12)10-18-16(19)14-8-5-11-3-1-2-4-13(11)9-14/h11-15H,1-10,17H2,(H,18,19). The van der Waals surface area contributed by atoms with Crippen LogP contribution in [0.25, 0.3) is 0 Å². The van der Waals surface area contributed by atoms with Crippen molar-refractivity contribution in [2.24, 2.45) is 29.4 Å². The highest BCUT2D eigenvalue weighted by molar-refractivity contribution is 5.78. The lowest BCUT2D eigenvalue weighted by molar-refractivity contribution is -0.127. The fourth-order valence-electron chi connectivity index (χ4n) is 4.17. The number of hydrogen-bond acceptors (Lipinski definition) is 2. The molecule has 3 N–H and O–H groups in total. The van der Waals surface area contributed by atoms with E-state index in [1.54, 1.807) is 0 Å². The lowest BCUT2D eigenvalue weighted by atomic mass is 9.67. The lowest BCUT2D eigenvalue weighted by Gasteiger charge is -2.38. The molecule has 0 heterocycles. The van der Waals surface area contributed by atoms with E-state index < -0.39 is 0 Å². The minimum atomic E-state index is 0.190. The zero-order valence-corrected chi connectivity index (χ0v) is 11.9. The Labute approximate surface area is 116 Å². The molecule has 3 aliphatic rings. The van der Waals surface area contributed by atoms with Crippen molar-refractivity contribution in [1.29, 1.82) is 0 Å². The summed E-state index contributed by atoms with van der Waals surface area (Å²) < 4.78 is 0. The molecule has 0 saturated heterocycles. The Hall–Kier alpha value is -0.570. The van der Waals surface area contributed by atoms with Crippen molar-refractivity contribution in [2.45, 2.75) is 63.8 Å². The predicted octanol–water partition coefficient (Wildman–Crippen LogP) is 2.45. The van der Waals surface area contributed by atoms with E-state index in [1.807, 2.05) is 0 Å². The van der Waals surface area contributed by atoms with E-state index in [0.29, 0.717) is 12.5 Å². The van der Waals surface area contributed by atoms with Gasteiger partial charge in [-0.25, -0.2) is 0 Å². The van der Waals surface area contributed by atoms with E-state index >= 15 is 0 Å². The maximum Gasteiger partial charge on any atom is 0.223 e. The van der Waals surface area contributed by atoms with Gasteiger partial charge < -0.3 is 11.1 Å². The summed E-state index contributed by atoms with van der Waals surface area (Å²) in [6, 6.07) is 0.190. The SMILES string of the molecule is NC(CNC(=O)C1CCC2CCCCC2C1)C1CC1. The molecule has 0 aliphatic heterocycles. The normalized spacial score (nSPS) is 36.4. The third kappa shape index (κ3) is 3.31. The van der Waals surface area contributed by atoms with Gasteiger partial charge in [-0.3, -0.25) is 4.79 Å². The molecule has 3 nitrogen and oxygen atoms in total. The summed E-state index contributed by atoms with van der Waals surface area (Å²) in [5.41, 5.74) is 6.05. The van der Waals surface area contributed by atoms with Crippen LogP contribution >= 0.6 is 0 Å². The molecule has 1 amide bonds. The van der Waals surface area contributed by atoms with Crippen LogP contribution in [0.3, 0.4) is 0 Å². The summed E-state index contributed by atoms with van der Waals surface area (Å²) in [7, 11) is 0. The highest BCUT2D eigenvalue weighted by atomic mass is 16.1. The molecule has 3 saturated carbocycles. The molecule has 3 rings (SSSR count). The Bertz CT molecular complexity index is 327. The topological polar surface area (TPSA) is 55.1 Å². The summed E-state index contributed by atoms with van der Waals surface area (Å²) >= 11 is 0. The zero-order valence-electron chi connectivity index (χ0n) is 11.9. The van der Waals surface area contributed by atoms with Crippen LogP contribution in [-0.4, -0.2) is 18.5 Å². The second-order valence-corrected chi connectivity index (χ2v) is 7.06. The van der Waals surface area contributed by atoms with Crippen LogP contribution in [-0.2, 0) is 4.79 Å². The van der Waals surface area contributed by atoms with Crippen molar-refractivity contribution in [3.8, 4) is 0 Å².